The molecule has 0 saturated carbocycles. The number of ether oxygens (including phenoxy) is 1. The third kappa shape index (κ3) is 5.78. The first-order chi connectivity index (χ1) is 13.7. The molecule has 2 amide bonds. The van der Waals surface area contributed by atoms with E-state index in [1.54, 1.807) is 16.4 Å². The zero-order valence-corrected chi connectivity index (χ0v) is 15.8. The largest absolute Gasteiger partial charge is 0.425 e. The van der Waals surface area contributed by atoms with Crippen LogP contribution in [0.4, 0.5) is 10.5 Å². The molecule has 0 aliphatic heterocycles. The third-order valence-electron chi connectivity index (χ3n) is 3.67. The van der Waals surface area contributed by atoms with Crippen LogP contribution in [0.15, 0.2) is 89.8 Å². The van der Waals surface area contributed by atoms with Crippen LogP contribution in [0.3, 0.4) is 0 Å². The molecule has 0 atom stereocenters. The Morgan fingerprint density at radius 1 is 0.929 bits per heavy atom. The van der Waals surface area contributed by atoms with Crippen molar-refractivity contribution < 1.29 is 14.3 Å². The number of amides is 2. The van der Waals surface area contributed by atoms with E-state index < -0.39 is 6.09 Å². The molecule has 0 saturated heterocycles. The lowest BCUT2D eigenvalue weighted by atomic mass is 10.2. The minimum atomic E-state index is -0.454. The number of carbonyl (C=O) groups excluding carboxylic acids is 2. The summed E-state index contributed by atoms with van der Waals surface area (Å²) in [4.78, 5) is 24.0. The summed E-state index contributed by atoms with van der Waals surface area (Å²) in [5.74, 6) is 0.491. The molecular formula is C21H19N3O3S. The summed E-state index contributed by atoms with van der Waals surface area (Å²) < 4.78 is 7.07. The van der Waals surface area contributed by atoms with Gasteiger partial charge in [0.15, 0.2) is 0 Å². The molecule has 3 rings (SSSR count). The lowest BCUT2D eigenvalue weighted by Crippen LogP contribution is -2.27. The highest BCUT2D eigenvalue weighted by Gasteiger charge is 2.18. The van der Waals surface area contributed by atoms with Gasteiger partial charge in [-0.25, -0.2) is 9.10 Å². The molecule has 0 aliphatic rings. The van der Waals surface area contributed by atoms with Crippen LogP contribution >= 0.6 is 11.9 Å². The Bertz CT molecular complexity index is 890. The van der Waals surface area contributed by atoms with Crippen molar-refractivity contribution in [1.82, 2.24) is 9.73 Å². The van der Waals surface area contributed by atoms with Gasteiger partial charge in [-0.15, -0.1) is 0 Å². The Kier molecular flexibility index (Phi) is 6.92. The zero-order chi connectivity index (χ0) is 19.6. The Hall–Kier alpha value is -3.45. The lowest BCUT2D eigenvalue weighted by molar-refractivity contribution is -0.109. The Labute approximate surface area is 167 Å². The normalized spacial score (nSPS) is 10.0. The Morgan fingerprint density at radius 3 is 2.21 bits per heavy atom. The Balaban J connectivity index is 1.73. The van der Waals surface area contributed by atoms with Crippen molar-refractivity contribution in [2.24, 2.45) is 0 Å². The molecule has 0 radical (unpaired) electrons. The number of anilines is 1. The molecule has 7 heteroatoms. The number of nitrogens with one attached hydrogen (secondary N) is 2. The summed E-state index contributed by atoms with van der Waals surface area (Å²) in [5, 5.41) is 0. The molecule has 6 nitrogen and oxygen atoms in total. The van der Waals surface area contributed by atoms with E-state index in [0.29, 0.717) is 18.7 Å². The van der Waals surface area contributed by atoms with Gasteiger partial charge in [0, 0.05) is 4.90 Å². The maximum Gasteiger partial charge on any atom is 0.425 e. The molecule has 3 aromatic rings. The number of nitrogens with zero attached hydrogens (tertiary/aromatic N) is 1. The number of hydrazine groups is 1. The predicted molar refractivity (Wildman–Crippen MR) is 110 cm³/mol. The van der Waals surface area contributed by atoms with Crippen molar-refractivity contribution >= 4 is 30.1 Å². The van der Waals surface area contributed by atoms with E-state index in [9.17, 15) is 9.59 Å². The second kappa shape index (κ2) is 10.0. The zero-order valence-electron chi connectivity index (χ0n) is 14.9. The smallest absolute Gasteiger partial charge is 0.410 e. The minimum Gasteiger partial charge on any atom is -0.410 e. The molecule has 0 bridgehead atoms. The second-order valence-electron chi connectivity index (χ2n) is 5.71. The van der Waals surface area contributed by atoms with E-state index in [-0.39, 0.29) is 0 Å². The quantitative estimate of drug-likeness (QED) is 0.336. The highest BCUT2D eigenvalue weighted by atomic mass is 32.2. The van der Waals surface area contributed by atoms with E-state index in [4.69, 9.17) is 4.74 Å². The van der Waals surface area contributed by atoms with Crippen molar-refractivity contribution in [3.63, 3.8) is 0 Å². The van der Waals surface area contributed by atoms with Crippen LogP contribution < -0.4 is 15.6 Å². The predicted octanol–water partition coefficient (Wildman–Crippen LogP) is 4.47. The first-order valence-corrected chi connectivity index (χ1v) is 9.33. The number of hydrogen-bond donors (Lipinski definition) is 2. The van der Waals surface area contributed by atoms with Gasteiger partial charge in [0.25, 0.3) is 0 Å². The highest BCUT2D eigenvalue weighted by Crippen LogP contribution is 2.27. The average molecular weight is 393 g/mol. The first kappa shape index (κ1) is 19.3. The second-order valence-corrected chi connectivity index (χ2v) is 6.80. The SMILES string of the molecule is O=CNNc1ccc(SN(Cc2ccccc2)C(=O)Oc2ccccc2)cc1. The van der Waals surface area contributed by atoms with Crippen molar-refractivity contribution in [3.8, 4) is 5.75 Å². The van der Waals surface area contributed by atoms with E-state index in [0.717, 1.165) is 16.1 Å². The van der Waals surface area contributed by atoms with E-state index in [1.807, 2.05) is 72.8 Å². The van der Waals surface area contributed by atoms with Crippen LogP contribution in [-0.2, 0) is 11.3 Å². The molecule has 0 unspecified atom stereocenters. The van der Waals surface area contributed by atoms with Crippen molar-refractivity contribution in [3.05, 3.63) is 90.5 Å². The van der Waals surface area contributed by atoms with Crippen molar-refractivity contribution in [1.29, 1.82) is 0 Å². The average Bonchev–Trinajstić information content (AvgIpc) is 2.74. The van der Waals surface area contributed by atoms with E-state index in [1.165, 1.54) is 11.9 Å². The fraction of sp³-hybridized carbons (Fsp3) is 0.0476. The lowest BCUT2D eigenvalue weighted by Gasteiger charge is -2.21. The van der Waals surface area contributed by atoms with Crippen LogP contribution in [0.2, 0.25) is 0 Å². The number of hydrogen-bond acceptors (Lipinski definition) is 5. The van der Waals surface area contributed by atoms with Gasteiger partial charge in [0.1, 0.15) is 5.75 Å². The van der Waals surface area contributed by atoms with Gasteiger partial charge < -0.3 is 4.74 Å². The molecule has 0 heterocycles. The van der Waals surface area contributed by atoms with Gasteiger partial charge in [-0.3, -0.25) is 15.6 Å². The van der Waals surface area contributed by atoms with Crippen LogP contribution in [0.25, 0.3) is 0 Å². The minimum absolute atomic E-state index is 0.393. The molecule has 0 spiro atoms. The highest BCUT2D eigenvalue weighted by molar-refractivity contribution is 7.97. The maximum absolute atomic E-state index is 12.8. The fourth-order valence-corrected chi connectivity index (χ4v) is 3.20. The summed E-state index contributed by atoms with van der Waals surface area (Å²) in [6.45, 7) is 0.393. The number of carbonyl (C=O) groups is 2. The third-order valence-corrected chi connectivity index (χ3v) is 4.65. The summed E-state index contributed by atoms with van der Waals surface area (Å²) in [7, 11) is 0. The van der Waals surface area contributed by atoms with Crippen LogP contribution in [-0.4, -0.2) is 16.8 Å². The van der Waals surface area contributed by atoms with E-state index >= 15 is 0 Å². The summed E-state index contributed by atoms with van der Waals surface area (Å²) in [5.41, 5.74) is 6.85. The van der Waals surface area contributed by atoms with Gasteiger partial charge in [-0.1, -0.05) is 48.5 Å². The molecule has 3 aromatic carbocycles. The van der Waals surface area contributed by atoms with Crippen molar-refractivity contribution in [2.75, 3.05) is 5.43 Å². The number of para-hydroxylation sites is 1. The number of benzene rings is 3. The van der Waals surface area contributed by atoms with Gasteiger partial charge in [-0.2, -0.15) is 0 Å². The summed E-state index contributed by atoms with van der Waals surface area (Å²) in [6.07, 6.45) is 0.106. The standard InChI is InChI=1S/C21H19N3O3S/c25-16-22-23-18-11-13-20(14-12-18)28-24(15-17-7-3-1-4-8-17)21(26)27-19-9-5-2-6-10-19/h1-14,16,23H,15H2,(H,22,25). The van der Waals surface area contributed by atoms with Crippen LogP contribution in [0, 0.1) is 0 Å². The monoisotopic (exact) mass is 393 g/mol. The van der Waals surface area contributed by atoms with Crippen LogP contribution in [0.1, 0.15) is 5.56 Å². The molecule has 0 aliphatic carbocycles. The molecule has 28 heavy (non-hydrogen) atoms. The fourth-order valence-electron chi connectivity index (χ4n) is 2.36. The molecule has 2 N–H and O–H groups in total. The first-order valence-electron chi connectivity index (χ1n) is 8.56. The topological polar surface area (TPSA) is 70.7 Å². The van der Waals surface area contributed by atoms with Crippen molar-refractivity contribution in [2.45, 2.75) is 11.4 Å². The van der Waals surface area contributed by atoms with Crippen LogP contribution in [0.5, 0.6) is 5.75 Å². The summed E-state index contributed by atoms with van der Waals surface area (Å²) in [6, 6.07) is 26.0. The van der Waals surface area contributed by atoms with Gasteiger partial charge in [-0.05, 0) is 53.9 Å². The number of rotatable bonds is 8. The van der Waals surface area contributed by atoms with Gasteiger partial charge in [0.2, 0.25) is 6.41 Å². The van der Waals surface area contributed by atoms with E-state index in [2.05, 4.69) is 10.9 Å². The molecule has 0 fully saturated rings. The van der Waals surface area contributed by atoms with Gasteiger partial charge >= 0.3 is 6.09 Å². The van der Waals surface area contributed by atoms with Gasteiger partial charge in [0.05, 0.1) is 12.2 Å². The molecular weight excluding hydrogens is 374 g/mol. The Morgan fingerprint density at radius 2 is 1.57 bits per heavy atom. The molecule has 142 valence electrons. The summed E-state index contributed by atoms with van der Waals surface area (Å²) >= 11 is 1.28. The molecule has 0 aromatic heterocycles. The maximum atomic E-state index is 12.8.